The van der Waals surface area contributed by atoms with E-state index in [1.807, 2.05) is 30.5 Å². The van der Waals surface area contributed by atoms with Gasteiger partial charge in [-0.25, -0.2) is 4.79 Å². The molecule has 2 rings (SSSR count). The first kappa shape index (κ1) is 21.3. The minimum atomic E-state index is -1.08. The number of carbonyl (C=O) groups is 3. The number of alkyl carbamates (subject to hydrolysis) is 1. The minimum Gasteiger partial charge on any atom is -0.469 e. The molecule has 1 aromatic carbocycles. The Hall–Kier alpha value is -3.03. The molecule has 8 heteroatoms. The third kappa shape index (κ3) is 6.29. The summed E-state index contributed by atoms with van der Waals surface area (Å²) in [5.74, 6) is -1.08. The van der Waals surface area contributed by atoms with Crippen molar-refractivity contribution >= 4 is 28.9 Å². The Morgan fingerprint density at radius 2 is 1.89 bits per heavy atom. The number of benzene rings is 1. The van der Waals surface area contributed by atoms with Crippen molar-refractivity contribution in [1.82, 2.24) is 15.6 Å². The molecule has 0 fully saturated rings. The highest BCUT2D eigenvalue weighted by Gasteiger charge is 2.26. The lowest BCUT2D eigenvalue weighted by Gasteiger charge is -2.23. The summed E-state index contributed by atoms with van der Waals surface area (Å²) >= 11 is 0. The van der Waals surface area contributed by atoms with E-state index in [2.05, 4.69) is 20.4 Å². The molecular weight excluding hydrogens is 362 g/mol. The fraction of sp³-hybridized carbons (Fsp3) is 0.450. The van der Waals surface area contributed by atoms with Crippen molar-refractivity contribution in [1.29, 1.82) is 0 Å². The number of para-hydroxylation sites is 1. The van der Waals surface area contributed by atoms with Gasteiger partial charge in [-0.1, -0.05) is 18.2 Å². The van der Waals surface area contributed by atoms with Crippen molar-refractivity contribution in [2.24, 2.45) is 0 Å². The van der Waals surface area contributed by atoms with Gasteiger partial charge in [0, 0.05) is 23.6 Å². The summed E-state index contributed by atoms with van der Waals surface area (Å²) in [6.45, 7) is 5.49. The average Bonchev–Trinajstić information content (AvgIpc) is 3.02. The summed E-state index contributed by atoms with van der Waals surface area (Å²) in [7, 11) is 1.22. The Kier molecular flexibility index (Phi) is 7.03. The van der Waals surface area contributed by atoms with Gasteiger partial charge in [-0.2, -0.15) is 0 Å². The van der Waals surface area contributed by atoms with Gasteiger partial charge < -0.3 is 25.1 Å². The number of nitrogens with one attached hydrogen (secondary N) is 3. The van der Waals surface area contributed by atoms with Gasteiger partial charge in [0.1, 0.15) is 11.6 Å². The van der Waals surface area contributed by atoms with Crippen LogP contribution in [0.25, 0.3) is 10.9 Å². The van der Waals surface area contributed by atoms with E-state index < -0.39 is 29.6 Å². The molecule has 0 spiro atoms. The highest BCUT2D eigenvalue weighted by Crippen LogP contribution is 2.17. The maximum absolute atomic E-state index is 12.5. The predicted molar refractivity (Wildman–Crippen MR) is 105 cm³/mol. The molecule has 0 saturated carbocycles. The van der Waals surface area contributed by atoms with Crippen molar-refractivity contribution in [2.75, 3.05) is 13.7 Å². The predicted octanol–water partition coefficient (Wildman–Crippen LogP) is 2.28. The number of carbonyl (C=O) groups excluding carboxylic acids is 3. The maximum Gasteiger partial charge on any atom is 0.408 e. The third-order valence-electron chi connectivity index (χ3n) is 3.97. The number of amides is 2. The van der Waals surface area contributed by atoms with E-state index >= 15 is 0 Å². The fourth-order valence-electron chi connectivity index (χ4n) is 2.69. The average molecular weight is 389 g/mol. The molecule has 1 atom stereocenters. The molecule has 0 aliphatic carbocycles. The van der Waals surface area contributed by atoms with Crippen molar-refractivity contribution < 1.29 is 23.9 Å². The highest BCUT2D eigenvalue weighted by molar-refractivity contribution is 5.89. The van der Waals surface area contributed by atoms with Gasteiger partial charge >= 0.3 is 12.1 Å². The number of aromatic nitrogens is 1. The van der Waals surface area contributed by atoms with Gasteiger partial charge in [0.25, 0.3) is 0 Å². The number of hydrogen-bond acceptors (Lipinski definition) is 5. The number of methoxy groups -OCH3 is 1. The summed E-state index contributed by atoms with van der Waals surface area (Å²) in [6.07, 6.45) is 1.46. The molecule has 0 aliphatic rings. The zero-order valence-corrected chi connectivity index (χ0v) is 16.6. The summed E-state index contributed by atoms with van der Waals surface area (Å²) in [6, 6.07) is 6.81. The first-order valence-corrected chi connectivity index (χ1v) is 9.08. The first-order chi connectivity index (χ1) is 13.2. The van der Waals surface area contributed by atoms with Crippen LogP contribution >= 0.6 is 0 Å². The molecule has 0 unspecified atom stereocenters. The summed E-state index contributed by atoms with van der Waals surface area (Å²) in [5.41, 5.74) is 1.38. The van der Waals surface area contributed by atoms with Crippen LogP contribution in [0.4, 0.5) is 4.79 Å². The van der Waals surface area contributed by atoms with E-state index in [9.17, 15) is 14.4 Å². The van der Waals surface area contributed by atoms with Gasteiger partial charge in [-0.15, -0.1) is 0 Å². The smallest absolute Gasteiger partial charge is 0.408 e. The molecular formula is C20H27N3O5. The second-order valence-corrected chi connectivity index (χ2v) is 7.38. The second kappa shape index (κ2) is 9.25. The topological polar surface area (TPSA) is 110 Å². The minimum absolute atomic E-state index is 0.283. The van der Waals surface area contributed by atoms with Crippen LogP contribution in [0.3, 0.4) is 0 Å². The van der Waals surface area contributed by atoms with Gasteiger partial charge in [0.15, 0.2) is 0 Å². The molecule has 2 aromatic rings. The van der Waals surface area contributed by atoms with Crippen LogP contribution in [0.5, 0.6) is 0 Å². The van der Waals surface area contributed by atoms with Crippen LogP contribution in [0.2, 0.25) is 0 Å². The SMILES string of the molecule is COC(=O)C[C@H](NC(=O)OC(C)(C)C)C(=O)NCCc1c[nH]c2ccccc12. The molecule has 1 heterocycles. The van der Waals surface area contributed by atoms with Gasteiger partial charge in [0.05, 0.1) is 13.5 Å². The number of fused-ring (bicyclic) bond motifs is 1. The molecule has 152 valence electrons. The van der Waals surface area contributed by atoms with E-state index in [1.165, 1.54) is 7.11 Å². The van der Waals surface area contributed by atoms with Crippen LogP contribution in [-0.2, 0) is 25.5 Å². The molecule has 28 heavy (non-hydrogen) atoms. The van der Waals surface area contributed by atoms with Gasteiger partial charge in [-0.05, 0) is 38.8 Å². The number of esters is 1. The maximum atomic E-state index is 12.5. The van der Waals surface area contributed by atoms with E-state index in [4.69, 9.17) is 4.74 Å². The summed E-state index contributed by atoms with van der Waals surface area (Å²) < 4.78 is 9.77. The summed E-state index contributed by atoms with van der Waals surface area (Å²) in [4.78, 5) is 39.3. The van der Waals surface area contributed by atoms with Crippen LogP contribution < -0.4 is 10.6 Å². The van der Waals surface area contributed by atoms with Crippen LogP contribution in [0, 0.1) is 0 Å². The first-order valence-electron chi connectivity index (χ1n) is 9.08. The Labute approximate surface area is 164 Å². The molecule has 1 aromatic heterocycles. The van der Waals surface area contributed by atoms with Gasteiger partial charge in [0.2, 0.25) is 5.91 Å². The lowest BCUT2D eigenvalue weighted by atomic mass is 10.1. The zero-order valence-electron chi connectivity index (χ0n) is 16.6. The fourth-order valence-corrected chi connectivity index (χ4v) is 2.69. The van der Waals surface area contributed by atoms with E-state index in [1.54, 1.807) is 20.8 Å². The molecule has 2 amide bonds. The second-order valence-electron chi connectivity index (χ2n) is 7.38. The molecule has 8 nitrogen and oxygen atoms in total. The molecule has 0 saturated heterocycles. The van der Waals surface area contributed by atoms with Crippen molar-refractivity contribution in [3.05, 3.63) is 36.0 Å². The number of aromatic amines is 1. The van der Waals surface area contributed by atoms with Gasteiger partial charge in [-0.3, -0.25) is 9.59 Å². The monoisotopic (exact) mass is 389 g/mol. The van der Waals surface area contributed by atoms with Crippen LogP contribution in [0.1, 0.15) is 32.8 Å². The number of ether oxygens (including phenoxy) is 2. The number of rotatable bonds is 7. The standard InChI is InChI=1S/C20H27N3O5/c1-20(2,3)28-19(26)23-16(11-17(24)27-4)18(25)21-10-9-13-12-22-15-8-6-5-7-14(13)15/h5-8,12,16,22H,9-11H2,1-4H3,(H,21,25)(H,23,26)/t16-/m0/s1. The van der Waals surface area contributed by atoms with Crippen LogP contribution in [0.15, 0.2) is 30.5 Å². The quantitative estimate of drug-likeness (QED) is 0.630. The van der Waals surface area contributed by atoms with Crippen LogP contribution in [-0.4, -0.2) is 48.3 Å². The van der Waals surface area contributed by atoms with E-state index in [-0.39, 0.29) is 6.42 Å². The molecule has 0 radical (unpaired) electrons. The molecule has 0 aliphatic heterocycles. The normalized spacial score (nSPS) is 12.3. The third-order valence-corrected chi connectivity index (χ3v) is 3.97. The zero-order chi connectivity index (χ0) is 20.7. The van der Waals surface area contributed by atoms with Crippen molar-refractivity contribution in [3.63, 3.8) is 0 Å². The lowest BCUT2D eigenvalue weighted by molar-refractivity contribution is -0.143. The summed E-state index contributed by atoms with van der Waals surface area (Å²) in [5, 5.41) is 6.28. The Morgan fingerprint density at radius 3 is 2.57 bits per heavy atom. The van der Waals surface area contributed by atoms with Crippen molar-refractivity contribution in [3.8, 4) is 0 Å². The van der Waals surface area contributed by atoms with E-state index in [0.29, 0.717) is 13.0 Å². The van der Waals surface area contributed by atoms with Crippen molar-refractivity contribution in [2.45, 2.75) is 45.3 Å². The Balaban J connectivity index is 1.95. The van der Waals surface area contributed by atoms with E-state index in [0.717, 1.165) is 16.5 Å². The Morgan fingerprint density at radius 1 is 1.18 bits per heavy atom. The number of H-pyrrole nitrogens is 1. The largest absolute Gasteiger partial charge is 0.469 e. The number of hydrogen-bond donors (Lipinski definition) is 3. The highest BCUT2D eigenvalue weighted by atomic mass is 16.6. The Bertz CT molecular complexity index is 838. The molecule has 0 bridgehead atoms. The molecule has 3 N–H and O–H groups in total. The lowest BCUT2D eigenvalue weighted by Crippen LogP contribution is -2.49.